The first-order chi connectivity index (χ1) is 8.31. The average molecular weight is 242 g/mol. The molecule has 17 heavy (non-hydrogen) atoms. The molecule has 1 saturated heterocycles. The summed E-state index contributed by atoms with van der Waals surface area (Å²) in [5.41, 5.74) is 0. The first-order valence-corrected chi connectivity index (χ1v) is 7.36. The SMILES string of the molecule is CCCC1CN(CCCOCC)C(CC)CN1. The molecule has 0 bridgehead atoms. The molecule has 0 aromatic rings. The first kappa shape index (κ1) is 14.9. The molecular weight excluding hydrogens is 212 g/mol. The highest BCUT2D eigenvalue weighted by Crippen LogP contribution is 2.13. The van der Waals surface area contributed by atoms with Crippen LogP contribution in [-0.4, -0.2) is 49.8 Å². The van der Waals surface area contributed by atoms with Crippen LogP contribution < -0.4 is 5.32 Å². The third-order valence-corrected chi connectivity index (χ3v) is 3.66. The zero-order chi connectivity index (χ0) is 12.5. The van der Waals surface area contributed by atoms with E-state index in [1.165, 1.54) is 38.8 Å². The standard InChI is InChI=1S/C14H30N2O/c1-4-8-13-12-16(9-7-10-17-6-3)14(5-2)11-15-13/h13-15H,4-12H2,1-3H3. The molecule has 1 fully saturated rings. The molecule has 0 spiro atoms. The summed E-state index contributed by atoms with van der Waals surface area (Å²) >= 11 is 0. The molecule has 0 radical (unpaired) electrons. The van der Waals surface area contributed by atoms with Crippen molar-refractivity contribution in [1.82, 2.24) is 10.2 Å². The number of nitrogens with one attached hydrogen (secondary N) is 1. The first-order valence-electron chi connectivity index (χ1n) is 7.36. The lowest BCUT2D eigenvalue weighted by atomic mass is 10.0. The van der Waals surface area contributed by atoms with Gasteiger partial charge in [-0.3, -0.25) is 4.90 Å². The number of ether oxygens (including phenoxy) is 1. The van der Waals surface area contributed by atoms with Gasteiger partial charge in [-0.25, -0.2) is 0 Å². The maximum Gasteiger partial charge on any atom is 0.0478 e. The highest BCUT2D eigenvalue weighted by molar-refractivity contribution is 4.85. The quantitative estimate of drug-likeness (QED) is 0.661. The minimum atomic E-state index is 0.704. The number of nitrogens with zero attached hydrogens (tertiary/aromatic N) is 1. The molecule has 3 nitrogen and oxygen atoms in total. The summed E-state index contributed by atoms with van der Waals surface area (Å²) in [4.78, 5) is 2.66. The molecule has 2 unspecified atom stereocenters. The molecule has 1 rings (SSSR count). The molecule has 1 aliphatic rings. The summed E-state index contributed by atoms with van der Waals surface area (Å²) in [7, 11) is 0. The van der Waals surface area contributed by atoms with E-state index < -0.39 is 0 Å². The van der Waals surface area contributed by atoms with Gasteiger partial charge in [-0.1, -0.05) is 20.3 Å². The van der Waals surface area contributed by atoms with Gasteiger partial charge in [0.2, 0.25) is 0 Å². The molecule has 1 N–H and O–H groups in total. The number of piperazine rings is 1. The van der Waals surface area contributed by atoms with Crippen LogP contribution in [0.5, 0.6) is 0 Å². The lowest BCUT2D eigenvalue weighted by Crippen LogP contribution is -2.56. The lowest BCUT2D eigenvalue weighted by Gasteiger charge is -2.40. The monoisotopic (exact) mass is 242 g/mol. The Morgan fingerprint density at radius 2 is 2.12 bits per heavy atom. The maximum atomic E-state index is 5.43. The number of rotatable bonds is 8. The topological polar surface area (TPSA) is 24.5 Å². The van der Waals surface area contributed by atoms with E-state index in [2.05, 4.69) is 31.0 Å². The van der Waals surface area contributed by atoms with E-state index in [0.29, 0.717) is 6.04 Å². The van der Waals surface area contributed by atoms with Crippen LogP contribution in [0.25, 0.3) is 0 Å². The lowest BCUT2D eigenvalue weighted by molar-refractivity contribution is 0.0937. The summed E-state index contributed by atoms with van der Waals surface area (Å²) in [6, 6.07) is 1.43. The molecule has 0 amide bonds. The van der Waals surface area contributed by atoms with Gasteiger partial charge in [0, 0.05) is 44.9 Å². The molecule has 1 aliphatic heterocycles. The Morgan fingerprint density at radius 1 is 1.29 bits per heavy atom. The van der Waals surface area contributed by atoms with Gasteiger partial charge < -0.3 is 10.1 Å². The van der Waals surface area contributed by atoms with Gasteiger partial charge in [0.1, 0.15) is 0 Å². The molecule has 2 atom stereocenters. The predicted octanol–water partition coefficient (Wildman–Crippen LogP) is 2.27. The Bertz CT molecular complexity index is 187. The maximum absolute atomic E-state index is 5.43. The van der Waals surface area contributed by atoms with Crippen molar-refractivity contribution in [2.24, 2.45) is 0 Å². The van der Waals surface area contributed by atoms with E-state index in [9.17, 15) is 0 Å². The van der Waals surface area contributed by atoms with Crippen molar-refractivity contribution < 1.29 is 4.74 Å². The molecule has 0 aliphatic carbocycles. The fourth-order valence-electron chi connectivity index (χ4n) is 2.66. The second-order valence-electron chi connectivity index (χ2n) is 5.00. The van der Waals surface area contributed by atoms with Gasteiger partial charge in [-0.15, -0.1) is 0 Å². The zero-order valence-corrected chi connectivity index (χ0v) is 11.9. The van der Waals surface area contributed by atoms with Gasteiger partial charge in [-0.2, -0.15) is 0 Å². The van der Waals surface area contributed by atoms with Crippen LogP contribution in [-0.2, 0) is 4.74 Å². The Morgan fingerprint density at radius 3 is 2.76 bits per heavy atom. The molecule has 1 heterocycles. The normalized spacial score (nSPS) is 26.3. The van der Waals surface area contributed by atoms with E-state index in [0.717, 1.165) is 25.8 Å². The third kappa shape index (κ3) is 5.36. The van der Waals surface area contributed by atoms with Crippen molar-refractivity contribution in [2.45, 2.75) is 58.5 Å². The van der Waals surface area contributed by atoms with Crippen LogP contribution in [0.4, 0.5) is 0 Å². The largest absolute Gasteiger partial charge is 0.382 e. The summed E-state index contributed by atoms with van der Waals surface area (Å²) < 4.78 is 5.43. The molecule has 0 saturated carbocycles. The minimum Gasteiger partial charge on any atom is -0.382 e. The van der Waals surface area contributed by atoms with Crippen LogP contribution in [0.2, 0.25) is 0 Å². The molecule has 102 valence electrons. The Hall–Kier alpha value is -0.120. The Balaban J connectivity index is 2.29. The zero-order valence-electron chi connectivity index (χ0n) is 11.9. The number of hydrogen-bond donors (Lipinski definition) is 1. The van der Waals surface area contributed by atoms with E-state index in [4.69, 9.17) is 4.74 Å². The van der Waals surface area contributed by atoms with E-state index in [1.807, 2.05) is 0 Å². The predicted molar refractivity (Wildman–Crippen MR) is 73.5 cm³/mol. The summed E-state index contributed by atoms with van der Waals surface area (Å²) in [5, 5.41) is 3.68. The van der Waals surface area contributed by atoms with E-state index >= 15 is 0 Å². The minimum absolute atomic E-state index is 0.704. The molecule has 0 aromatic heterocycles. The smallest absolute Gasteiger partial charge is 0.0478 e. The summed E-state index contributed by atoms with van der Waals surface area (Å²) in [6.07, 6.45) is 5.00. The third-order valence-electron chi connectivity index (χ3n) is 3.66. The summed E-state index contributed by atoms with van der Waals surface area (Å²) in [5.74, 6) is 0. The van der Waals surface area contributed by atoms with Crippen molar-refractivity contribution in [1.29, 1.82) is 0 Å². The number of hydrogen-bond acceptors (Lipinski definition) is 3. The van der Waals surface area contributed by atoms with Crippen molar-refractivity contribution in [3.63, 3.8) is 0 Å². The second kappa shape index (κ2) is 8.90. The highest BCUT2D eigenvalue weighted by atomic mass is 16.5. The van der Waals surface area contributed by atoms with Crippen molar-refractivity contribution >= 4 is 0 Å². The van der Waals surface area contributed by atoms with Crippen LogP contribution in [0.1, 0.15) is 46.5 Å². The van der Waals surface area contributed by atoms with Gasteiger partial charge in [-0.05, 0) is 26.2 Å². The van der Waals surface area contributed by atoms with Crippen LogP contribution in [0.15, 0.2) is 0 Å². The molecule has 3 heteroatoms. The molecular formula is C14H30N2O. The van der Waals surface area contributed by atoms with Crippen molar-refractivity contribution in [3.05, 3.63) is 0 Å². The average Bonchev–Trinajstić information content (AvgIpc) is 2.35. The van der Waals surface area contributed by atoms with E-state index in [1.54, 1.807) is 0 Å². The van der Waals surface area contributed by atoms with Gasteiger partial charge in [0.15, 0.2) is 0 Å². The van der Waals surface area contributed by atoms with Crippen molar-refractivity contribution in [3.8, 4) is 0 Å². The fraction of sp³-hybridized carbons (Fsp3) is 1.00. The van der Waals surface area contributed by atoms with Gasteiger partial charge >= 0.3 is 0 Å². The van der Waals surface area contributed by atoms with Crippen molar-refractivity contribution in [2.75, 3.05) is 32.8 Å². The Kier molecular flexibility index (Phi) is 7.82. The van der Waals surface area contributed by atoms with Crippen LogP contribution >= 0.6 is 0 Å². The van der Waals surface area contributed by atoms with Gasteiger partial charge in [0.25, 0.3) is 0 Å². The van der Waals surface area contributed by atoms with Gasteiger partial charge in [0.05, 0.1) is 0 Å². The molecule has 0 aromatic carbocycles. The summed E-state index contributed by atoms with van der Waals surface area (Å²) in [6.45, 7) is 12.0. The fourth-order valence-corrected chi connectivity index (χ4v) is 2.66. The van der Waals surface area contributed by atoms with Crippen LogP contribution in [0.3, 0.4) is 0 Å². The Labute approximate surface area is 107 Å². The highest BCUT2D eigenvalue weighted by Gasteiger charge is 2.25. The second-order valence-corrected chi connectivity index (χ2v) is 5.00. The van der Waals surface area contributed by atoms with Crippen LogP contribution in [0, 0.1) is 0 Å². The van der Waals surface area contributed by atoms with E-state index in [-0.39, 0.29) is 0 Å².